The Balaban J connectivity index is 1.12. The quantitative estimate of drug-likeness (QED) is 0.139. The topological polar surface area (TPSA) is 25.8 Å². The number of para-hydroxylation sites is 1. The summed E-state index contributed by atoms with van der Waals surface area (Å²) in [5.74, 6) is 0. The van der Waals surface area contributed by atoms with E-state index in [1.165, 1.54) is 65.3 Å². The summed E-state index contributed by atoms with van der Waals surface area (Å²) >= 11 is 0. The molecule has 0 fully saturated rings. The molecule has 0 N–H and O–H groups in total. The van der Waals surface area contributed by atoms with E-state index in [0.717, 1.165) is 44.0 Å². The highest BCUT2D eigenvalue weighted by Crippen LogP contribution is 2.41. The first-order valence-corrected chi connectivity index (χ1v) is 17.8. The lowest BCUT2D eigenvalue weighted by Gasteiger charge is -2.15. The molecule has 0 spiro atoms. The smallest absolute Gasteiger partial charge is 0.0978 e. The average molecular weight is 659 g/mol. The predicted molar refractivity (Wildman–Crippen MR) is 221 cm³/mol. The van der Waals surface area contributed by atoms with Gasteiger partial charge in [-0.15, -0.1) is 0 Å². The molecule has 11 aromatic rings. The number of nitrogens with zero attached hydrogens (tertiary/aromatic N) is 2. The zero-order chi connectivity index (χ0) is 34.2. The molecule has 2 aromatic heterocycles. The molecule has 0 unspecified atom stereocenters. The second-order valence-corrected chi connectivity index (χ2v) is 13.7. The van der Waals surface area contributed by atoms with Crippen LogP contribution in [0.25, 0.3) is 109 Å². The minimum absolute atomic E-state index is 0.916. The van der Waals surface area contributed by atoms with E-state index >= 15 is 0 Å². The van der Waals surface area contributed by atoms with Crippen LogP contribution in [-0.4, -0.2) is 9.97 Å². The molecule has 240 valence electrons. The van der Waals surface area contributed by atoms with E-state index in [-0.39, 0.29) is 0 Å². The van der Waals surface area contributed by atoms with Gasteiger partial charge in [-0.2, -0.15) is 0 Å². The van der Waals surface area contributed by atoms with Crippen LogP contribution in [-0.2, 0) is 0 Å². The molecule has 0 saturated carbocycles. The lowest BCUT2D eigenvalue weighted by molar-refractivity contribution is 1.40. The van der Waals surface area contributed by atoms with Crippen molar-refractivity contribution in [1.82, 2.24) is 9.97 Å². The van der Waals surface area contributed by atoms with E-state index in [0.29, 0.717) is 0 Å². The van der Waals surface area contributed by atoms with Crippen LogP contribution in [0.15, 0.2) is 182 Å². The number of hydrogen-bond acceptors (Lipinski definition) is 2. The number of pyridine rings is 2. The molecule has 0 atom stereocenters. The molecule has 9 aromatic carbocycles. The lowest BCUT2D eigenvalue weighted by atomic mass is 9.89. The molecule has 0 aliphatic carbocycles. The van der Waals surface area contributed by atoms with Crippen LogP contribution in [0.1, 0.15) is 0 Å². The molecular formula is C50H30N2. The van der Waals surface area contributed by atoms with Gasteiger partial charge in [0.25, 0.3) is 0 Å². The highest BCUT2D eigenvalue weighted by atomic mass is 14.8. The summed E-state index contributed by atoms with van der Waals surface area (Å²) in [6.45, 7) is 0. The first-order chi connectivity index (χ1) is 25.8. The van der Waals surface area contributed by atoms with Gasteiger partial charge in [0.1, 0.15) is 0 Å². The van der Waals surface area contributed by atoms with Crippen LogP contribution in [0.2, 0.25) is 0 Å². The van der Waals surface area contributed by atoms with Gasteiger partial charge in [0.15, 0.2) is 0 Å². The maximum atomic E-state index is 5.41. The summed E-state index contributed by atoms with van der Waals surface area (Å²) in [5, 5.41) is 13.4. The van der Waals surface area contributed by atoms with Crippen molar-refractivity contribution in [2.75, 3.05) is 0 Å². The SMILES string of the molecule is c1ccc(-c2c3ccccc3nc3c2ccc2ccc(-c4ccc(-c5ccc6c7ccccc7c7ccccc7c6c5)c5ccccc45)nc23)cc1. The second-order valence-electron chi connectivity index (χ2n) is 13.7. The Morgan fingerprint density at radius 3 is 1.56 bits per heavy atom. The highest BCUT2D eigenvalue weighted by molar-refractivity contribution is 6.26. The first-order valence-electron chi connectivity index (χ1n) is 17.8. The molecule has 0 bridgehead atoms. The van der Waals surface area contributed by atoms with Gasteiger partial charge in [0.05, 0.1) is 22.2 Å². The van der Waals surface area contributed by atoms with Crippen molar-refractivity contribution in [3.63, 3.8) is 0 Å². The summed E-state index contributed by atoms with van der Waals surface area (Å²) in [4.78, 5) is 10.7. The summed E-state index contributed by atoms with van der Waals surface area (Å²) < 4.78 is 0. The Labute approximate surface area is 300 Å². The third-order valence-electron chi connectivity index (χ3n) is 10.8. The van der Waals surface area contributed by atoms with Crippen LogP contribution >= 0.6 is 0 Å². The number of benzene rings is 9. The van der Waals surface area contributed by atoms with Gasteiger partial charge in [0.2, 0.25) is 0 Å². The molecule has 0 amide bonds. The number of hydrogen-bond donors (Lipinski definition) is 0. The van der Waals surface area contributed by atoms with Crippen molar-refractivity contribution >= 4 is 75.8 Å². The number of rotatable bonds is 3. The summed E-state index contributed by atoms with van der Waals surface area (Å²) in [6, 6.07) is 65.6. The van der Waals surface area contributed by atoms with Crippen molar-refractivity contribution in [3.8, 4) is 33.5 Å². The van der Waals surface area contributed by atoms with Gasteiger partial charge in [-0.3, -0.25) is 0 Å². The Kier molecular flexibility index (Phi) is 6.28. The molecule has 0 aliphatic rings. The van der Waals surface area contributed by atoms with E-state index in [4.69, 9.17) is 9.97 Å². The largest absolute Gasteiger partial charge is 0.245 e. The molecule has 52 heavy (non-hydrogen) atoms. The van der Waals surface area contributed by atoms with E-state index in [9.17, 15) is 0 Å². The van der Waals surface area contributed by atoms with Crippen LogP contribution in [0.4, 0.5) is 0 Å². The fourth-order valence-corrected chi connectivity index (χ4v) is 8.45. The number of aromatic nitrogens is 2. The molecular weight excluding hydrogens is 629 g/mol. The fourth-order valence-electron chi connectivity index (χ4n) is 8.45. The van der Waals surface area contributed by atoms with Crippen LogP contribution in [0.3, 0.4) is 0 Å². The Bertz CT molecular complexity index is 3200. The summed E-state index contributed by atoms with van der Waals surface area (Å²) in [6.07, 6.45) is 0. The van der Waals surface area contributed by atoms with Crippen molar-refractivity contribution < 1.29 is 0 Å². The molecule has 2 heteroatoms. The second kappa shape index (κ2) is 11.3. The van der Waals surface area contributed by atoms with Crippen molar-refractivity contribution in [1.29, 1.82) is 0 Å². The van der Waals surface area contributed by atoms with Crippen molar-refractivity contribution in [2.24, 2.45) is 0 Å². The fraction of sp³-hybridized carbons (Fsp3) is 0. The van der Waals surface area contributed by atoms with Crippen molar-refractivity contribution in [2.45, 2.75) is 0 Å². The normalized spacial score (nSPS) is 11.8. The maximum Gasteiger partial charge on any atom is 0.0978 e. The van der Waals surface area contributed by atoms with E-state index in [1.54, 1.807) is 0 Å². The third-order valence-corrected chi connectivity index (χ3v) is 10.8. The summed E-state index contributed by atoms with van der Waals surface area (Å²) in [5.41, 5.74) is 9.66. The minimum atomic E-state index is 0.916. The average Bonchev–Trinajstić information content (AvgIpc) is 3.22. The molecule has 2 nitrogen and oxygen atoms in total. The third kappa shape index (κ3) is 4.31. The van der Waals surface area contributed by atoms with E-state index < -0.39 is 0 Å². The zero-order valence-corrected chi connectivity index (χ0v) is 28.2. The highest BCUT2D eigenvalue weighted by Gasteiger charge is 2.17. The number of fused-ring (bicyclic) bond motifs is 11. The Morgan fingerprint density at radius 1 is 0.288 bits per heavy atom. The summed E-state index contributed by atoms with van der Waals surface area (Å²) in [7, 11) is 0. The Hall–Kier alpha value is -6.90. The first kappa shape index (κ1) is 28.9. The molecule has 11 rings (SSSR count). The Morgan fingerprint density at radius 2 is 0.827 bits per heavy atom. The molecule has 0 radical (unpaired) electrons. The van der Waals surface area contributed by atoms with E-state index in [2.05, 4.69) is 182 Å². The zero-order valence-electron chi connectivity index (χ0n) is 28.2. The van der Waals surface area contributed by atoms with Gasteiger partial charge in [-0.25, -0.2) is 9.97 Å². The lowest BCUT2D eigenvalue weighted by Crippen LogP contribution is -1.94. The van der Waals surface area contributed by atoms with Crippen LogP contribution in [0, 0.1) is 0 Å². The van der Waals surface area contributed by atoms with Gasteiger partial charge < -0.3 is 0 Å². The predicted octanol–water partition coefficient (Wildman–Crippen LogP) is 13.5. The monoisotopic (exact) mass is 658 g/mol. The molecule has 0 aliphatic heterocycles. The van der Waals surface area contributed by atoms with Gasteiger partial charge in [0, 0.05) is 27.3 Å². The van der Waals surface area contributed by atoms with Gasteiger partial charge >= 0.3 is 0 Å². The van der Waals surface area contributed by atoms with Crippen molar-refractivity contribution in [3.05, 3.63) is 182 Å². The maximum absolute atomic E-state index is 5.41. The van der Waals surface area contributed by atoms with E-state index in [1.807, 2.05) is 0 Å². The minimum Gasteiger partial charge on any atom is -0.245 e. The standard InChI is InChI=1S/C50H30N2/c1-2-12-31(13-3-1)48-43-20-10-11-21-46(43)52-50-44(48)26-22-32-24-29-47(51-49(32)50)42-28-27-34(35-14-4-8-18-39(35)42)33-23-25-41-38-17-6-5-15-36(38)37-16-7-9-19-40(37)45(41)30-33/h1-30H. The van der Waals surface area contributed by atoms with Gasteiger partial charge in [-0.05, 0) is 78.0 Å². The molecule has 0 saturated heterocycles. The van der Waals surface area contributed by atoms with Crippen LogP contribution < -0.4 is 0 Å². The van der Waals surface area contributed by atoms with Crippen LogP contribution in [0.5, 0.6) is 0 Å². The molecule has 2 heterocycles. The van der Waals surface area contributed by atoms with Gasteiger partial charge in [-0.1, -0.05) is 164 Å².